The van der Waals surface area contributed by atoms with E-state index in [1.807, 2.05) is 0 Å². The molecule has 0 aliphatic heterocycles. The average molecular weight is 557 g/mol. The van der Waals surface area contributed by atoms with Crippen LogP contribution in [0.3, 0.4) is 0 Å². The van der Waals surface area contributed by atoms with Crippen LogP contribution >= 0.6 is 0 Å². The number of sulfonamides is 1. The summed E-state index contributed by atoms with van der Waals surface area (Å²) in [5.74, 6) is -51.7. The molecule has 0 aliphatic carbocycles. The van der Waals surface area contributed by atoms with E-state index in [1.165, 1.54) is 0 Å². The second kappa shape index (κ2) is 8.12. The van der Waals surface area contributed by atoms with Gasteiger partial charge in [-0.15, -0.1) is 0 Å². The van der Waals surface area contributed by atoms with Crippen molar-refractivity contribution in [3.8, 4) is 0 Å². The van der Waals surface area contributed by atoms with Crippen LogP contribution in [0.5, 0.6) is 0 Å². The lowest BCUT2D eigenvalue weighted by Gasteiger charge is -2.42. The van der Waals surface area contributed by atoms with Crippen molar-refractivity contribution in [2.24, 2.45) is 0 Å². The van der Waals surface area contributed by atoms with E-state index >= 15 is 0 Å². The molecule has 0 aliphatic rings. The Hall–Kier alpha value is -1.32. The number of alkyl halides is 17. The number of aliphatic hydroxyl groups excluding tert-OH is 1. The van der Waals surface area contributed by atoms with Crippen molar-refractivity contribution in [1.82, 2.24) is 4.31 Å². The van der Waals surface area contributed by atoms with Crippen molar-refractivity contribution < 1.29 is 88.2 Å². The summed E-state index contributed by atoms with van der Waals surface area (Å²) in [5, 5.41) is 0.741. The van der Waals surface area contributed by atoms with Crippen molar-refractivity contribution in [3.05, 3.63) is 0 Å². The van der Waals surface area contributed by atoms with Gasteiger partial charge in [0.05, 0.1) is 6.61 Å². The van der Waals surface area contributed by atoms with Crippen LogP contribution < -0.4 is 0 Å². The average Bonchev–Trinajstić information content (AvgIpc) is 2.59. The van der Waals surface area contributed by atoms with Gasteiger partial charge in [-0.25, -0.2) is 8.42 Å². The van der Waals surface area contributed by atoms with Gasteiger partial charge in [0, 0.05) is 13.6 Å². The van der Waals surface area contributed by atoms with Gasteiger partial charge in [-0.1, -0.05) is 0 Å². The summed E-state index contributed by atoms with van der Waals surface area (Å²) in [6, 6.07) is 0. The molecule has 0 aromatic carbocycles. The standard InChI is InChI=1S/C11H8F17NO3S/c1-29(2-3-30)33(31,32)11(27,28)9(22,23)7(18,19)5(14,15)4(12,13)6(16,17)8(20,21)10(24,25)26/h30H,2-3H2,1H3. The first-order chi connectivity index (χ1) is 14.0. The van der Waals surface area contributed by atoms with Crippen molar-refractivity contribution in [1.29, 1.82) is 0 Å². The number of hydrogen-bond acceptors (Lipinski definition) is 3. The van der Waals surface area contributed by atoms with Gasteiger partial charge < -0.3 is 5.11 Å². The Bertz CT molecular complexity index is 819. The van der Waals surface area contributed by atoms with Gasteiger partial charge in [0.2, 0.25) is 0 Å². The Morgan fingerprint density at radius 1 is 0.576 bits per heavy atom. The highest BCUT2D eigenvalue weighted by Crippen LogP contribution is 2.64. The van der Waals surface area contributed by atoms with E-state index in [9.17, 15) is 83.1 Å². The first-order valence-corrected chi connectivity index (χ1v) is 8.70. The van der Waals surface area contributed by atoms with Crippen LogP contribution in [-0.4, -0.2) is 85.0 Å². The summed E-state index contributed by atoms with van der Waals surface area (Å²) >= 11 is 0. The van der Waals surface area contributed by atoms with Crippen LogP contribution in [0.4, 0.5) is 74.6 Å². The number of halogens is 17. The summed E-state index contributed by atoms with van der Waals surface area (Å²) in [7, 11) is -7.49. The van der Waals surface area contributed by atoms with Crippen LogP contribution in [0.2, 0.25) is 0 Å². The third-order valence-corrected chi connectivity index (χ3v) is 5.75. The molecule has 0 radical (unpaired) electrons. The Morgan fingerprint density at radius 2 is 0.848 bits per heavy atom. The molecule has 0 rings (SSSR count). The van der Waals surface area contributed by atoms with Crippen LogP contribution in [0.1, 0.15) is 0 Å². The second-order valence-electron chi connectivity index (χ2n) is 6.01. The molecule has 0 aromatic heterocycles. The molecule has 0 heterocycles. The van der Waals surface area contributed by atoms with Crippen LogP contribution in [0, 0.1) is 0 Å². The van der Waals surface area contributed by atoms with Crippen molar-refractivity contribution in [3.63, 3.8) is 0 Å². The van der Waals surface area contributed by atoms with Gasteiger partial charge in [-0.05, 0) is 0 Å². The molecule has 200 valence electrons. The zero-order valence-corrected chi connectivity index (χ0v) is 15.8. The molecular formula is C11H8F17NO3S. The van der Waals surface area contributed by atoms with Crippen LogP contribution in [-0.2, 0) is 10.0 Å². The predicted molar refractivity (Wildman–Crippen MR) is 69.3 cm³/mol. The summed E-state index contributed by atoms with van der Waals surface area (Å²) < 4.78 is 243. The number of aliphatic hydroxyl groups is 1. The zero-order chi connectivity index (χ0) is 27.5. The molecule has 1 N–H and O–H groups in total. The van der Waals surface area contributed by atoms with Gasteiger partial charge in [0.25, 0.3) is 10.0 Å². The molecule has 0 atom stereocenters. The maximum atomic E-state index is 13.7. The molecule has 0 saturated heterocycles. The van der Waals surface area contributed by atoms with Gasteiger partial charge >= 0.3 is 47.0 Å². The largest absolute Gasteiger partial charge is 0.460 e. The third kappa shape index (κ3) is 3.97. The van der Waals surface area contributed by atoms with E-state index < -0.39 is 74.4 Å². The Labute approximate surface area is 171 Å². The lowest BCUT2D eigenvalue weighted by Crippen LogP contribution is -2.75. The molecule has 0 spiro atoms. The van der Waals surface area contributed by atoms with E-state index in [2.05, 4.69) is 0 Å². The first-order valence-electron chi connectivity index (χ1n) is 7.26. The molecule has 0 bridgehead atoms. The predicted octanol–water partition coefficient (Wildman–Crippen LogP) is 4.21. The van der Waals surface area contributed by atoms with E-state index in [1.54, 1.807) is 0 Å². The molecule has 0 aromatic rings. The Kier molecular flexibility index (Phi) is 7.80. The molecular weight excluding hydrogens is 549 g/mol. The first kappa shape index (κ1) is 31.7. The summed E-state index contributed by atoms with van der Waals surface area (Å²) in [6.45, 7) is -3.15. The van der Waals surface area contributed by atoms with Gasteiger partial charge in [-0.2, -0.15) is 78.9 Å². The van der Waals surface area contributed by atoms with Crippen molar-refractivity contribution in [2.75, 3.05) is 20.2 Å². The molecule has 22 heteroatoms. The van der Waals surface area contributed by atoms with E-state index in [0.717, 1.165) is 0 Å². The minimum Gasteiger partial charge on any atom is -0.395 e. The quantitative estimate of drug-likeness (QED) is 0.410. The van der Waals surface area contributed by atoms with Gasteiger partial charge in [0.1, 0.15) is 0 Å². The highest BCUT2D eigenvalue weighted by molar-refractivity contribution is 7.90. The number of likely N-dealkylation sites (N-methyl/N-ethyl adjacent to an activating group) is 1. The maximum absolute atomic E-state index is 13.7. The fourth-order valence-electron chi connectivity index (χ4n) is 1.77. The molecule has 4 nitrogen and oxygen atoms in total. The van der Waals surface area contributed by atoms with Crippen molar-refractivity contribution >= 4 is 10.0 Å². The lowest BCUT2D eigenvalue weighted by molar-refractivity contribution is -0.458. The van der Waals surface area contributed by atoms with E-state index in [4.69, 9.17) is 5.11 Å². The third-order valence-electron chi connectivity index (χ3n) is 3.84. The lowest BCUT2D eigenvalue weighted by atomic mass is 9.91. The SMILES string of the molecule is CN(CCO)S(=O)(=O)C(F)(F)C(F)(F)C(F)(F)C(F)(F)C(F)(F)C(F)(F)C(F)(F)C(F)(F)F. The van der Waals surface area contributed by atoms with E-state index in [-0.39, 0.29) is 7.05 Å². The second-order valence-corrected chi connectivity index (χ2v) is 8.10. The number of rotatable bonds is 10. The van der Waals surface area contributed by atoms with Gasteiger partial charge in [-0.3, -0.25) is 0 Å². The fourth-order valence-corrected chi connectivity index (χ4v) is 2.93. The van der Waals surface area contributed by atoms with Crippen molar-refractivity contribution in [2.45, 2.75) is 47.0 Å². The molecule has 0 amide bonds. The van der Waals surface area contributed by atoms with Crippen LogP contribution in [0.25, 0.3) is 0 Å². The molecule has 0 fully saturated rings. The molecule has 33 heavy (non-hydrogen) atoms. The minimum atomic E-state index is -8.86. The van der Waals surface area contributed by atoms with Gasteiger partial charge in [0.15, 0.2) is 0 Å². The normalized spacial score (nSPS) is 16.5. The minimum absolute atomic E-state index is 0.168. The molecule has 0 saturated carbocycles. The summed E-state index contributed by atoms with van der Waals surface area (Å²) in [6.07, 6.45) is -7.88. The number of nitrogens with zero attached hydrogens (tertiary/aromatic N) is 1. The maximum Gasteiger partial charge on any atom is 0.460 e. The smallest absolute Gasteiger partial charge is 0.395 e. The topological polar surface area (TPSA) is 57.6 Å². The zero-order valence-electron chi connectivity index (χ0n) is 15.0. The van der Waals surface area contributed by atoms with E-state index in [0.29, 0.717) is 0 Å². The molecule has 0 unspecified atom stereocenters. The Balaban J connectivity index is 6.96. The highest BCUT2D eigenvalue weighted by Gasteiger charge is 2.96. The highest BCUT2D eigenvalue weighted by atomic mass is 32.2. The van der Waals surface area contributed by atoms with Crippen LogP contribution in [0.15, 0.2) is 0 Å². The number of hydrogen-bond donors (Lipinski definition) is 1. The monoisotopic (exact) mass is 557 g/mol. The Morgan fingerprint density at radius 3 is 1.12 bits per heavy atom. The summed E-state index contributed by atoms with van der Waals surface area (Å²) in [4.78, 5) is 0. The fraction of sp³-hybridized carbons (Fsp3) is 1.00. The summed E-state index contributed by atoms with van der Waals surface area (Å²) in [5.41, 5.74) is 0.